The van der Waals surface area contributed by atoms with Crippen molar-refractivity contribution in [3.05, 3.63) is 17.6 Å². The van der Waals surface area contributed by atoms with Crippen LogP contribution in [0.3, 0.4) is 0 Å². The first kappa shape index (κ1) is 16.4. The molecule has 1 fully saturated rings. The Morgan fingerprint density at radius 2 is 1.96 bits per heavy atom. The summed E-state index contributed by atoms with van der Waals surface area (Å²) in [5, 5.41) is 0. The second-order valence-corrected chi connectivity index (χ2v) is 7.00. The van der Waals surface area contributed by atoms with E-state index in [9.17, 15) is 13.2 Å². The van der Waals surface area contributed by atoms with Crippen molar-refractivity contribution in [3.8, 4) is 0 Å². The highest BCUT2D eigenvalue weighted by molar-refractivity contribution is 5.46. The molecule has 5 nitrogen and oxygen atoms in total. The molecule has 2 aliphatic heterocycles. The number of piperazine rings is 1. The van der Waals surface area contributed by atoms with Gasteiger partial charge in [0.1, 0.15) is 5.69 Å². The SMILES string of the molecule is CC(C)(C)N1CCN2c3ncc(C(F)(F)F)nc3COC[C@H]2C1. The maximum Gasteiger partial charge on any atom is 0.434 e. The van der Waals surface area contributed by atoms with E-state index in [1.165, 1.54) is 0 Å². The Bertz CT molecular complexity index is 585. The number of halogens is 3. The average Bonchev–Trinajstić information content (AvgIpc) is 2.63. The van der Waals surface area contributed by atoms with Crippen LogP contribution in [0.5, 0.6) is 0 Å². The van der Waals surface area contributed by atoms with Crippen molar-refractivity contribution in [1.29, 1.82) is 0 Å². The fourth-order valence-electron chi connectivity index (χ4n) is 3.07. The predicted octanol–water partition coefficient (Wildman–Crippen LogP) is 2.31. The molecule has 3 rings (SSSR count). The highest BCUT2D eigenvalue weighted by Gasteiger charge is 2.38. The molecular weight excluding hydrogens is 309 g/mol. The van der Waals surface area contributed by atoms with E-state index < -0.39 is 11.9 Å². The summed E-state index contributed by atoms with van der Waals surface area (Å²) in [7, 11) is 0. The lowest BCUT2D eigenvalue weighted by Crippen LogP contribution is -2.59. The Hall–Kier alpha value is -1.41. The first-order valence-electron chi connectivity index (χ1n) is 7.69. The standard InChI is InChI=1S/C15H21F3N4O/c1-14(2,3)21-4-5-22-10(7-21)8-23-9-11-13(22)19-6-12(20-11)15(16,17)18/h6,10H,4-5,7-9H2,1-3H3/t10-/m1/s1. The van der Waals surface area contributed by atoms with Crippen molar-refractivity contribution in [2.45, 2.75) is 45.1 Å². The number of rotatable bonds is 0. The largest absolute Gasteiger partial charge is 0.434 e. The molecule has 3 heterocycles. The van der Waals surface area contributed by atoms with Gasteiger partial charge in [0, 0.05) is 25.2 Å². The van der Waals surface area contributed by atoms with Crippen molar-refractivity contribution >= 4 is 5.82 Å². The number of fused-ring (bicyclic) bond motifs is 3. The van der Waals surface area contributed by atoms with Gasteiger partial charge in [-0.1, -0.05) is 0 Å². The molecule has 8 heteroatoms. The molecule has 1 aromatic heterocycles. The first-order valence-corrected chi connectivity index (χ1v) is 7.69. The van der Waals surface area contributed by atoms with E-state index in [4.69, 9.17) is 4.74 Å². The lowest BCUT2D eigenvalue weighted by atomic mass is 10.0. The van der Waals surface area contributed by atoms with Gasteiger partial charge in [0.25, 0.3) is 0 Å². The zero-order valence-electron chi connectivity index (χ0n) is 13.5. The highest BCUT2D eigenvalue weighted by atomic mass is 19.4. The molecule has 0 N–H and O–H groups in total. The van der Waals surface area contributed by atoms with Crippen LogP contribution >= 0.6 is 0 Å². The summed E-state index contributed by atoms with van der Waals surface area (Å²) in [5.41, 5.74) is -0.647. The molecule has 0 unspecified atom stereocenters. The molecular formula is C15H21F3N4O. The van der Waals surface area contributed by atoms with Crippen LogP contribution in [0.25, 0.3) is 0 Å². The van der Waals surface area contributed by atoms with Gasteiger partial charge in [0.2, 0.25) is 0 Å². The zero-order chi connectivity index (χ0) is 16.8. The van der Waals surface area contributed by atoms with E-state index in [1.807, 2.05) is 4.90 Å². The molecule has 0 spiro atoms. The van der Waals surface area contributed by atoms with Gasteiger partial charge in [-0.25, -0.2) is 9.97 Å². The van der Waals surface area contributed by atoms with Crippen molar-refractivity contribution in [1.82, 2.24) is 14.9 Å². The average molecular weight is 330 g/mol. The fourth-order valence-corrected chi connectivity index (χ4v) is 3.07. The number of alkyl halides is 3. The summed E-state index contributed by atoms with van der Waals surface area (Å²) in [4.78, 5) is 12.2. The van der Waals surface area contributed by atoms with E-state index in [2.05, 4.69) is 35.6 Å². The summed E-state index contributed by atoms with van der Waals surface area (Å²) < 4.78 is 44.0. The van der Waals surface area contributed by atoms with Crippen LogP contribution in [0.2, 0.25) is 0 Å². The van der Waals surface area contributed by atoms with Crippen LogP contribution in [0, 0.1) is 0 Å². The number of aromatic nitrogens is 2. The van der Waals surface area contributed by atoms with Gasteiger partial charge in [-0.3, -0.25) is 4.90 Å². The van der Waals surface area contributed by atoms with E-state index in [0.717, 1.165) is 19.3 Å². The molecule has 23 heavy (non-hydrogen) atoms. The molecule has 0 saturated carbocycles. The molecule has 0 aromatic carbocycles. The van der Waals surface area contributed by atoms with E-state index >= 15 is 0 Å². The summed E-state index contributed by atoms with van der Waals surface area (Å²) in [6.45, 7) is 9.34. The first-order chi connectivity index (χ1) is 10.7. The fraction of sp³-hybridized carbons (Fsp3) is 0.733. The third-order valence-corrected chi connectivity index (χ3v) is 4.37. The van der Waals surface area contributed by atoms with Gasteiger partial charge in [0.05, 0.1) is 25.5 Å². The van der Waals surface area contributed by atoms with Crippen LogP contribution in [0.15, 0.2) is 6.20 Å². The van der Waals surface area contributed by atoms with Crippen LogP contribution < -0.4 is 4.90 Å². The third kappa shape index (κ3) is 3.28. The normalized spacial score (nSPS) is 23.2. The second kappa shape index (κ2) is 5.59. The quantitative estimate of drug-likeness (QED) is 0.730. The molecule has 1 saturated heterocycles. The monoisotopic (exact) mass is 330 g/mol. The lowest BCUT2D eigenvalue weighted by Gasteiger charge is -2.46. The molecule has 2 aliphatic rings. The lowest BCUT2D eigenvalue weighted by molar-refractivity contribution is -0.141. The number of hydrogen-bond acceptors (Lipinski definition) is 5. The molecule has 1 aromatic rings. The smallest absolute Gasteiger partial charge is 0.373 e. The maximum absolute atomic E-state index is 12.8. The molecule has 0 amide bonds. The Kier molecular flexibility index (Phi) is 4.00. The minimum absolute atomic E-state index is 0.0487. The van der Waals surface area contributed by atoms with Crippen molar-refractivity contribution in [3.63, 3.8) is 0 Å². The number of hydrogen-bond donors (Lipinski definition) is 0. The van der Waals surface area contributed by atoms with Gasteiger partial charge in [-0.2, -0.15) is 13.2 Å². The van der Waals surface area contributed by atoms with E-state index in [0.29, 0.717) is 19.0 Å². The number of nitrogens with zero attached hydrogens (tertiary/aromatic N) is 4. The predicted molar refractivity (Wildman–Crippen MR) is 79.2 cm³/mol. The topological polar surface area (TPSA) is 41.5 Å². The van der Waals surface area contributed by atoms with Crippen LogP contribution in [-0.2, 0) is 17.5 Å². The van der Waals surface area contributed by atoms with Gasteiger partial charge in [-0.15, -0.1) is 0 Å². The summed E-state index contributed by atoms with van der Waals surface area (Å²) in [6, 6.07) is 0.0789. The summed E-state index contributed by atoms with van der Waals surface area (Å²) in [5.74, 6) is 0.522. The molecule has 0 bridgehead atoms. The van der Waals surface area contributed by atoms with Gasteiger partial charge >= 0.3 is 6.18 Å². The van der Waals surface area contributed by atoms with Crippen molar-refractivity contribution in [2.24, 2.45) is 0 Å². The second-order valence-electron chi connectivity index (χ2n) is 7.00. The minimum atomic E-state index is -4.49. The maximum atomic E-state index is 12.8. The van der Waals surface area contributed by atoms with Gasteiger partial charge < -0.3 is 9.64 Å². The van der Waals surface area contributed by atoms with Crippen molar-refractivity contribution < 1.29 is 17.9 Å². The summed E-state index contributed by atoms with van der Waals surface area (Å²) >= 11 is 0. The summed E-state index contributed by atoms with van der Waals surface area (Å²) in [6.07, 6.45) is -3.67. The van der Waals surface area contributed by atoms with E-state index in [1.54, 1.807) is 0 Å². The molecule has 0 aliphatic carbocycles. The number of anilines is 1. The van der Waals surface area contributed by atoms with Crippen LogP contribution in [0.1, 0.15) is 32.2 Å². The molecule has 1 atom stereocenters. The Morgan fingerprint density at radius 1 is 1.22 bits per heavy atom. The molecule has 128 valence electrons. The number of ether oxygens (including phenoxy) is 1. The minimum Gasteiger partial charge on any atom is -0.373 e. The Labute approximate surface area is 133 Å². The Balaban J connectivity index is 1.88. The van der Waals surface area contributed by atoms with Crippen LogP contribution in [0.4, 0.5) is 19.0 Å². The third-order valence-electron chi connectivity index (χ3n) is 4.37. The molecule has 0 radical (unpaired) electrons. The Morgan fingerprint density at radius 3 is 2.61 bits per heavy atom. The van der Waals surface area contributed by atoms with E-state index in [-0.39, 0.29) is 23.9 Å². The zero-order valence-corrected chi connectivity index (χ0v) is 13.5. The highest BCUT2D eigenvalue weighted by Crippen LogP contribution is 2.32. The van der Waals surface area contributed by atoms with Gasteiger partial charge in [-0.05, 0) is 20.8 Å². The van der Waals surface area contributed by atoms with Gasteiger partial charge in [0.15, 0.2) is 11.5 Å². The van der Waals surface area contributed by atoms with Crippen molar-refractivity contribution in [2.75, 3.05) is 31.1 Å². The van der Waals surface area contributed by atoms with Crippen LogP contribution in [-0.4, -0.2) is 52.7 Å².